The Labute approximate surface area is 265 Å². The summed E-state index contributed by atoms with van der Waals surface area (Å²) >= 11 is -3.68. The van der Waals surface area contributed by atoms with Gasteiger partial charge in [0.25, 0.3) is 11.3 Å². The number of rotatable bonds is 25. The van der Waals surface area contributed by atoms with E-state index < -0.39 is 22.5 Å². The zero-order chi connectivity index (χ0) is 31.3. The van der Waals surface area contributed by atoms with Crippen LogP contribution in [0.5, 0.6) is 23.0 Å². The Kier molecular flexibility index (Phi) is 19.1. The number of hydrogen-bond acceptors (Lipinski definition) is 6. The first-order valence-electron chi connectivity index (χ1n) is 16.0. The number of nitrogens with one attached hydrogen (secondary N) is 2. The van der Waals surface area contributed by atoms with Gasteiger partial charge in [0.2, 0.25) is 0 Å². The Hall–Kier alpha value is -2.30. The number of ether oxygens (including phenoxy) is 2. The second kappa shape index (κ2) is 22.2. The van der Waals surface area contributed by atoms with Crippen LogP contribution in [0.3, 0.4) is 0 Å². The van der Waals surface area contributed by atoms with E-state index in [1.807, 2.05) is 39.0 Å². The second-order valence-electron chi connectivity index (χ2n) is 11.3. The van der Waals surface area contributed by atoms with Crippen LogP contribution in [0, 0.1) is 12.8 Å². The average Bonchev–Trinajstić information content (AvgIpc) is 2.97. The molecule has 43 heavy (non-hydrogen) atoms. The lowest BCUT2D eigenvalue weighted by molar-refractivity contribution is 0.296. The third-order valence-corrected chi connectivity index (χ3v) is 8.16. The fraction of sp³-hybridized carbons (Fsp3) is 0.636. The van der Waals surface area contributed by atoms with Crippen LogP contribution in [0.1, 0.15) is 110 Å². The van der Waals surface area contributed by atoms with Gasteiger partial charge in [0.15, 0.2) is 23.0 Å². The second-order valence-corrected chi connectivity index (χ2v) is 13.1. The van der Waals surface area contributed by atoms with Gasteiger partial charge in [-0.25, -0.2) is 4.72 Å². The molecule has 0 radical (unpaired) electrons. The van der Waals surface area contributed by atoms with Crippen molar-refractivity contribution in [1.82, 2.24) is 4.72 Å². The van der Waals surface area contributed by atoms with Gasteiger partial charge < -0.3 is 17.8 Å². The standard InChI is InChI=1S/C33H54N2O6S2/c1-6-8-10-12-14-16-22-38-30-20-18-28(5)24-32(30)41-43(37)35-29-19-21-31(39-23-17-15-13-11-9-7-2)33(25-29)40-42(36)34-26-27(3)4/h18-21,24-25,27,34-35H,6-17,22-23,26H2,1-5H3. The number of unbranched alkanes of at least 4 members (excludes halogenated alkanes) is 10. The van der Waals surface area contributed by atoms with Crippen LogP contribution in [0.15, 0.2) is 36.4 Å². The van der Waals surface area contributed by atoms with Crippen LogP contribution in [0.25, 0.3) is 0 Å². The SMILES string of the molecule is CCCCCCCCOc1ccc(NS(=O)Oc2cc(C)ccc2OCCCCCCCC)cc1OS(=O)NCC(C)C. The molecule has 2 N–H and O–H groups in total. The molecule has 0 heterocycles. The molecule has 2 aromatic rings. The molecular formula is C33H54N2O6S2. The van der Waals surface area contributed by atoms with E-state index in [2.05, 4.69) is 23.3 Å². The van der Waals surface area contributed by atoms with Crippen molar-refractivity contribution in [3.05, 3.63) is 42.0 Å². The summed E-state index contributed by atoms with van der Waals surface area (Å²) in [5.41, 5.74) is 1.45. The molecule has 244 valence electrons. The summed E-state index contributed by atoms with van der Waals surface area (Å²) in [6, 6.07) is 10.7. The summed E-state index contributed by atoms with van der Waals surface area (Å²) in [6.45, 7) is 12.1. The number of hydrogen-bond donors (Lipinski definition) is 2. The van der Waals surface area contributed by atoms with Crippen LogP contribution in [-0.4, -0.2) is 28.2 Å². The van der Waals surface area contributed by atoms with E-state index in [1.165, 1.54) is 51.4 Å². The van der Waals surface area contributed by atoms with E-state index in [4.69, 9.17) is 17.8 Å². The molecule has 2 aromatic carbocycles. The third-order valence-electron chi connectivity index (χ3n) is 6.70. The van der Waals surface area contributed by atoms with Crippen molar-refractivity contribution in [2.45, 2.75) is 112 Å². The van der Waals surface area contributed by atoms with Gasteiger partial charge in [-0.1, -0.05) is 98.0 Å². The summed E-state index contributed by atoms with van der Waals surface area (Å²) in [7, 11) is 0. The summed E-state index contributed by atoms with van der Waals surface area (Å²) in [5, 5.41) is 0. The molecule has 8 nitrogen and oxygen atoms in total. The largest absolute Gasteiger partial charge is 0.490 e. The van der Waals surface area contributed by atoms with Gasteiger partial charge in [0, 0.05) is 12.6 Å². The highest BCUT2D eigenvalue weighted by molar-refractivity contribution is 7.82. The van der Waals surface area contributed by atoms with E-state index in [-0.39, 0.29) is 0 Å². The van der Waals surface area contributed by atoms with Gasteiger partial charge in [-0.3, -0.25) is 4.72 Å². The zero-order valence-corrected chi connectivity index (χ0v) is 28.5. The first-order chi connectivity index (χ1) is 20.8. The molecule has 0 saturated carbocycles. The molecule has 0 aromatic heterocycles. The van der Waals surface area contributed by atoms with Crippen molar-refractivity contribution >= 4 is 28.2 Å². The minimum atomic E-state index is -1.92. The summed E-state index contributed by atoms with van der Waals surface area (Å²) < 4.78 is 54.7. The van der Waals surface area contributed by atoms with Crippen LogP contribution in [0.2, 0.25) is 0 Å². The fourth-order valence-corrected chi connectivity index (χ4v) is 5.71. The highest BCUT2D eigenvalue weighted by atomic mass is 32.2. The predicted molar refractivity (Wildman–Crippen MR) is 179 cm³/mol. The molecule has 0 aliphatic heterocycles. The van der Waals surface area contributed by atoms with Crippen LogP contribution in [-0.2, 0) is 22.5 Å². The molecule has 2 unspecified atom stereocenters. The molecule has 2 atom stereocenters. The minimum absolute atomic E-state index is 0.293. The molecule has 2 rings (SSSR count). The quantitative estimate of drug-likeness (QED) is 0.106. The van der Waals surface area contributed by atoms with Gasteiger partial charge in [0.1, 0.15) is 0 Å². The molecule has 0 fully saturated rings. The lowest BCUT2D eigenvalue weighted by Gasteiger charge is -2.15. The molecule has 0 aliphatic carbocycles. The van der Waals surface area contributed by atoms with Gasteiger partial charge in [0.05, 0.1) is 18.9 Å². The maximum absolute atomic E-state index is 13.0. The van der Waals surface area contributed by atoms with E-state index in [9.17, 15) is 8.42 Å². The monoisotopic (exact) mass is 638 g/mol. The molecule has 0 bridgehead atoms. The lowest BCUT2D eigenvalue weighted by atomic mass is 10.1. The first-order valence-corrected chi connectivity index (χ1v) is 18.2. The van der Waals surface area contributed by atoms with E-state index >= 15 is 0 Å². The minimum Gasteiger partial charge on any atom is -0.490 e. The number of anilines is 1. The predicted octanol–water partition coefficient (Wildman–Crippen LogP) is 8.75. The Balaban J connectivity index is 2.02. The average molecular weight is 639 g/mol. The van der Waals surface area contributed by atoms with Crippen LogP contribution < -0.4 is 27.3 Å². The van der Waals surface area contributed by atoms with Crippen molar-refractivity contribution in [1.29, 1.82) is 0 Å². The zero-order valence-electron chi connectivity index (χ0n) is 26.9. The van der Waals surface area contributed by atoms with Crippen molar-refractivity contribution in [3.63, 3.8) is 0 Å². The lowest BCUT2D eigenvalue weighted by Crippen LogP contribution is -2.25. The molecular weight excluding hydrogens is 585 g/mol. The Morgan fingerprint density at radius 1 is 0.651 bits per heavy atom. The van der Waals surface area contributed by atoms with Crippen molar-refractivity contribution < 1.29 is 26.3 Å². The van der Waals surface area contributed by atoms with Crippen molar-refractivity contribution in [3.8, 4) is 23.0 Å². The summed E-state index contributed by atoms with van der Waals surface area (Å²) in [4.78, 5) is 0. The Bertz CT molecular complexity index is 1100. The highest BCUT2D eigenvalue weighted by Gasteiger charge is 2.15. The third kappa shape index (κ3) is 16.4. The van der Waals surface area contributed by atoms with Crippen molar-refractivity contribution in [2.75, 3.05) is 24.5 Å². The van der Waals surface area contributed by atoms with E-state index in [1.54, 1.807) is 18.2 Å². The van der Waals surface area contributed by atoms with Crippen molar-refractivity contribution in [2.24, 2.45) is 5.92 Å². The van der Waals surface area contributed by atoms with Gasteiger partial charge >= 0.3 is 11.3 Å². The summed E-state index contributed by atoms with van der Waals surface area (Å²) in [6.07, 6.45) is 14.0. The number of benzene rings is 2. The Morgan fingerprint density at radius 2 is 1.16 bits per heavy atom. The molecule has 0 amide bonds. The van der Waals surface area contributed by atoms with Gasteiger partial charge in [-0.2, -0.15) is 8.42 Å². The van der Waals surface area contributed by atoms with Gasteiger partial charge in [-0.15, -0.1) is 0 Å². The maximum Gasteiger partial charge on any atom is 0.316 e. The normalized spacial score (nSPS) is 12.6. The smallest absolute Gasteiger partial charge is 0.316 e. The molecule has 0 spiro atoms. The molecule has 10 heteroatoms. The first kappa shape index (κ1) is 36.9. The number of aryl methyl sites for hydroxylation is 1. The summed E-state index contributed by atoms with van der Waals surface area (Å²) in [5.74, 6) is 2.05. The maximum atomic E-state index is 13.0. The van der Waals surface area contributed by atoms with Gasteiger partial charge in [-0.05, 0) is 55.5 Å². The molecule has 0 aliphatic rings. The van der Waals surface area contributed by atoms with Crippen LogP contribution >= 0.6 is 0 Å². The van der Waals surface area contributed by atoms with E-state index in [0.29, 0.717) is 54.4 Å². The topological polar surface area (TPSA) is 95.1 Å². The fourth-order valence-electron chi connectivity index (χ4n) is 4.23. The van der Waals surface area contributed by atoms with Crippen LogP contribution in [0.4, 0.5) is 5.69 Å². The Morgan fingerprint density at radius 3 is 1.74 bits per heavy atom. The highest BCUT2D eigenvalue weighted by Crippen LogP contribution is 2.33. The molecule has 0 saturated heterocycles. The van der Waals surface area contributed by atoms with E-state index in [0.717, 1.165) is 31.2 Å².